The Morgan fingerprint density at radius 3 is 2.38 bits per heavy atom. The maximum absolute atomic E-state index is 4.33. The minimum Gasteiger partial charge on any atom is -0.354 e. The first-order valence-electron chi connectivity index (χ1n) is 13.2. The van der Waals surface area contributed by atoms with Crippen LogP contribution in [0.3, 0.4) is 0 Å². The van der Waals surface area contributed by atoms with Gasteiger partial charge in [-0.05, 0) is 114 Å². The van der Waals surface area contributed by atoms with Crippen LogP contribution >= 0.6 is 0 Å². The van der Waals surface area contributed by atoms with Crippen LogP contribution in [0.25, 0.3) is 22.2 Å². The molecule has 0 bridgehead atoms. The number of hydrogen-bond acceptors (Lipinski definition) is 4. The molecule has 0 atom stereocenters. The molecule has 3 aromatic rings. The highest BCUT2D eigenvalue weighted by Gasteiger charge is 2.21. The average Bonchev–Trinajstić information content (AvgIpc) is 3.19. The maximum atomic E-state index is 4.33. The SMILES string of the molecule is CCCNCCC.CNCCN1CCC(c2ccc3[nH]c(-c4ccnc(C)c4)c(C)c3c2)CC1. The molecular formula is C29H45N5. The van der Waals surface area contributed by atoms with E-state index in [-0.39, 0.29) is 0 Å². The van der Waals surface area contributed by atoms with Crippen molar-refractivity contribution < 1.29 is 0 Å². The fraction of sp³-hybridized carbons (Fsp3) is 0.552. The number of fused-ring (bicyclic) bond motifs is 1. The lowest BCUT2D eigenvalue weighted by molar-refractivity contribution is 0.214. The Balaban J connectivity index is 0.000000406. The van der Waals surface area contributed by atoms with Crippen LogP contribution < -0.4 is 10.6 Å². The van der Waals surface area contributed by atoms with Crippen molar-refractivity contribution in [3.8, 4) is 11.3 Å². The first kappa shape index (κ1) is 26.4. The van der Waals surface area contributed by atoms with E-state index in [4.69, 9.17) is 0 Å². The number of aromatic amines is 1. The van der Waals surface area contributed by atoms with Crippen LogP contribution in [0, 0.1) is 13.8 Å². The summed E-state index contributed by atoms with van der Waals surface area (Å²) >= 11 is 0. The first-order chi connectivity index (χ1) is 16.6. The van der Waals surface area contributed by atoms with E-state index in [1.54, 1.807) is 0 Å². The van der Waals surface area contributed by atoms with Gasteiger partial charge in [0.25, 0.3) is 0 Å². The Morgan fingerprint density at radius 2 is 1.74 bits per heavy atom. The molecule has 1 aromatic carbocycles. The van der Waals surface area contributed by atoms with Gasteiger partial charge in [-0.1, -0.05) is 19.9 Å². The van der Waals surface area contributed by atoms with Crippen molar-refractivity contribution in [3.05, 3.63) is 53.3 Å². The van der Waals surface area contributed by atoms with Crippen molar-refractivity contribution in [1.82, 2.24) is 25.5 Å². The van der Waals surface area contributed by atoms with Gasteiger partial charge in [-0.25, -0.2) is 0 Å². The molecular weight excluding hydrogens is 418 g/mol. The predicted molar refractivity (Wildman–Crippen MR) is 147 cm³/mol. The van der Waals surface area contributed by atoms with E-state index in [1.165, 1.54) is 85.1 Å². The quantitative estimate of drug-likeness (QED) is 0.359. The Hall–Kier alpha value is -2.21. The summed E-state index contributed by atoms with van der Waals surface area (Å²) in [6.45, 7) is 15.6. The van der Waals surface area contributed by atoms with E-state index in [1.807, 2.05) is 20.2 Å². The fourth-order valence-corrected chi connectivity index (χ4v) is 4.83. The molecule has 5 nitrogen and oxygen atoms in total. The van der Waals surface area contributed by atoms with Gasteiger partial charge in [0, 0.05) is 47.1 Å². The molecule has 0 spiro atoms. The highest BCUT2D eigenvalue weighted by molar-refractivity contribution is 5.91. The molecule has 3 N–H and O–H groups in total. The molecule has 1 aliphatic rings. The van der Waals surface area contributed by atoms with Gasteiger partial charge in [0.1, 0.15) is 0 Å². The summed E-state index contributed by atoms with van der Waals surface area (Å²) in [5.74, 6) is 0.682. The second-order valence-electron chi connectivity index (χ2n) is 9.59. The number of likely N-dealkylation sites (N-methyl/N-ethyl adjacent to an activating group) is 1. The molecule has 0 radical (unpaired) electrons. The maximum Gasteiger partial charge on any atom is 0.0495 e. The number of nitrogens with one attached hydrogen (secondary N) is 3. The van der Waals surface area contributed by atoms with Crippen molar-refractivity contribution >= 4 is 10.9 Å². The Morgan fingerprint density at radius 1 is 1.00 bits per heavy atom. The third-order valence-electron chi connectivity index (χ3n) is 6.86. The predicted octanol–water partition coefficient (Wildman–Crippen LogP) is 5.64. The molecule has 5 heteroatoms. The Kier molecular flexibility index (Phi) is 10.6. The standard InChI is InChI=1S/C23H30N4.C6H15N/c1-16-14-20(6-9-25-16)23-17(2)21-15-19(4-5-22(21)26-23)18-7-11-27(12-8-18)13-10-24-3;1-3-5-7-6-4-2/h4-6,9,14-15,18,24,26H,7-8,10-13H2,1-3H3;7H,3-6H2,1-2H3. The number of rotatable bonds is 9. The smallest absolute Gasteiger partial charge is 0.0495 e. The first-order valence-corrected chi connectivity index (χ1v) is 13.2. The lowest BCUT2D eigenvalue weighted by Gasteiger charge is -2.32. The van der Waals surface area contributed by atoms with Gasteiger partial charge in [-0.15, -0.1) is 0 Å². The molecule has 2 aromatic heterocycles. The molecule has 34 heavy (non-hydrogen) atoms. The number of H-pyrrole nitrogens is 1. The molecule has 1 aliphatic heterocycles. The van der Waals surface area contributed by atoms with Crippen molar-refractivity contribution in [1.29, 1.82) is 0 Å². The van der Waals surface area contributed by atoms with Crippen molar-refractivity contribution in [3.63, 3.8) is 0 Å². The molecule has 0 aliphatic carbocycles. The van der Waals surface area contributed by atoms with E-state index in [0.29, 0.717) is 5.92 Å². The van der Waals surface area contributed by atoms with Crippen LogP contribution in [0.5, 0.6) is 0 Å². The molecule has 1 fully saturated rings. The number of piperidine rings is 1. The minimum atomic E-state index is 0.682. The van der Waals surface area contributed by atoms with E-state index in [0.717, 1.165) is 18.8 Å². The van der Waals surface area contributed by atoms with Gasteiger partial charge in [-0.2, -0.15) is 0 Å². The summed E-state index contributed by atoms with van der Waals surface area (Å²) < 4.78 is 0. The zero-order chi connectivity index (χ0) is 24.3. The molecule has 0 amide bonds. The van der Waals surface area contributed by atoms with Crippen LogP contribution in [0.1, 0.15) is 62.3 Å². The molecule has 3 heterocycles. The number of likely N-dealkylation sites (tertiary alicyclic amines) is 1. The summed E-state index contributed by atoms with van der Waals surface area (Å²) in [5, 5.41) is 7.90. The summed E-state index contributed by atoms with van der Waals surface area (Å²) in [7, 11) is 2.03. The lowest BCUT2D eigenvalue weighted by atomic mass is 9.88. The highest BCUT2D eigenvalue weighted by atomic mass is 15.1. The largest absolute Gasteiger partial charge is 0.354 e. The number of pyridine rings is 1. The second-order valence-corrected chi connectivity index (χ2v) is 9.59. The molecule has 186 valence electrons. The molecule has 0 unspecified atom stereocenters. The minimum absolute atomic E-state index is 0.682. The van der Waals surface area contributed by atoms with Gasteiger partial charge < -0.3 is 20.5 Å². The average molecular weight is 464 g/mol. The fourth-order valence-electron chi connectivity index (χ4n) is 4.83. The van der Waals surface area contributed by atoms with Crippen molar-refractivity contribution in [2.45, 2.75) is 59.3 Å². The van der Waals surface area contributed by atoms with Gasteiger partial charge in [-0.3, -0.25) is 4.98 Å². The van der Waals surface area contributed by atoms with Crippen LogP contribution in [0.2, 0.25) is 0 Å². The third-order valence-corrected chi connectivity index (χ3v) is 6.86. The second kappa shape index (κ2) is 13.6. The Labute approximate surface area is 206 Å². The van der Waals surface area contributed by atoms with Gasteiger partial charge in [0.2, 0.25) is 0 Å². The van der Waals surface area contributed by atoms with Crippen LogP contribution in [0.4, 0.5) is 0 Å². The summed E-state index contributed by atoms with van der Waals surface area (Å²) in [6, 6.07) is 11.3. The summed E-state index contributed by atoms with van der Waals surface area (Å²) in [5.41, 5.74) is 7.55. The van der Waals surface area contributed by atoms with Gasteiger partial charge >= 0.3 is 0 Å². The van der Waals surface area contributed by atoms with Crippen LogP contribution in [-0.4, -0.2) is 61.2 Å². The van der Waals surface area contributed by atoms with Crippen molar-refractivity contribution in [2.75, 3.05) is 46.3 Å². The monoisotopic (exact) mass is 463 g/mol. The van der Waals surface area contributed by atoms with E-state index in [9.17, 15) is 0 Å². The number of benzene rings is 1. The summed E-state index contributed by atoms with van der Waals surface area (Å²) in [6.07, 6.45) is 6.91. The summed E-state index contributed by atoms with van der Waals surface area (Å²) in [4.78, 5) is 10.5. The van der Waals surface area contributed by atoms with Crippen molar-refractivity contribution in [2.24, 2.45) is 0 Å². The van der Waals surface area contributed by atoms with Crippen LogP contribution in [0.15, 0.2) is 36.5 Å². The number of aromatic nitrogens is 2. The van der Waals surface area contributed by atoms with E-state index in [2.05, 4.69) is 76.6 Å². The normalized spacial score (nSPS) is 14.9. The number of hydrogen-bond donors (Lipinski definition) is 3. The Bertz CT molecular complexity index is 997. The highest BCUT2D eigenvalue weighted by Crippen LogP contribution is 2.34. The molecule has 4 rings (SSSR count). The van der Waals surface area contributed by atoms with E-state index >= 15 is 0 Å². The molecule has 0 saturated carbocycles. The van der Waals surface area contributed by atoms with E-state index < -0.39 is 0 Å². The topological polar surface area (TPSA) is 56.0 Å². The zero-order valence-corrected chi connectivity index (χ0v) is 22.0. The van der Waals surface area contributed by atoms with Gasteiger partial charge in [0.05, 0.1) is 0 Å². The zero-order valence-electron chi connectivity index (χ0n) is 22.0. The third kappa shape index (κ3) is 7.14. The van der Waals surface area contributed by atoms with Gasteiger partial charge in [0.15, 0.2) is 0 Å². The lowest BCUT2D eigenvalue weighted by Crippen LogP contribution is -2.37. The van der Waals surface area contributed by atoms with Crippen LogP contribution in [-0.2, 0) is 0 Å². The number of aryl methyl sites for hydroxylation is 2. The number of nitrogens with zero attached hydrogens (tertiary/aromatic N) is 2. The molecule has 1 saturated heterocycles.